The van der Waals surface area contributed by atoms with Crippen molar-refractivity contribution in [3.8, 4) is 11.1 Å². The van der Waals surface area contributed by atoms with Crippen molar-refractivity contribution < 1.29 is 41.3 Å². The predicted molar refractivity (Wildman–Crippen MR) is 205 cm³/mol. The van der Waals surface area contributed by atoms with E-state index in [9.17, 15) is 31.9 Å². The van der Waals surface area contributed by atoms with Crippen LogP contribution in [0, 0.1) is 29.1 Å². The number of aliphatic hydroxyl groups is 1. The largest absolute Gasteiger partial charge is 0.392 e. The van der Waals surface area contributed by atoms with Crippen molar-refractivity contribution in [2.24, 2.45) is 0 Å². The first-order valence-electron chi connectivity index (χ1n) is 18.5. The molecule has 0 spiro atoms. The smallest absolute Gasteiger partial charge is 0.257 e. The van der Waals surface area contributed by atoms with Crippen molar-refractivity contribution >= 4 is 5.91 Å². The summed E-state index contributed by atoms with van der Waals surface area (Å²) in [6.45, 7) is 1.73. The lowest BCUT2D eigenvalue weighted by atomic mass is 9.98. The average Bonchev–Trinajstić information content (AvgIpc) is 3.25. The molecule has 0 aromatic heterocycles. The maximum atomic E-state index is 14.3. The van der Waals surface area contributed by atoms with Gasteiger partial charge >= 0.3 is 0 Å². The van der Waals surface area contributed by atoms with E-state index in [1.54, 1.807) is 18.2 Å². The summed E-state index contributed by atoms with van der Waals surface area (Å²) in [5.41, 5.74) is 5.37. The van der Waals surface area contributed by atoms with Crippen LogP contribution in [0.2, 0.25) is 0 Å². The molecular weight excluding hydrogens is 740 g/mol. The molecule has 1 aliphatic rings. The number of hydrogen-bond acceptors (Lipinski definition) is 5. The molecule has 1 amide bonds. The number of rotatable bonds is 13. The molecule has 0 aliphatic carbocycles. The normalized spacial score (nSPS) is 16.8. The predicted octanol–water partition coefficient (Wildman–Crippen LogP) is 9.72. The van der Waals surface area contributed by atoms with Gasteiger partial charge in [-0.3, -0.25) is 9.69 Å². The Morgan fingerprint density at radius 2 is 1.18 bits per heavy atom. The molecule has 0 unspecified atom stereocenters. The van der Waals surface area contributed by atoms with Crippen molar-refractivity contribution in [3.05, 3.63) is 201 Å². The van der Waals surface area contributed by atoms with Gasteiger partial charge in [0.25, 0.3) is 5.91 Å². The van der Waals surface area contributed by atoms with Crippen molar-refractivity contribution in [1.82, 2.24) is 10.2 Å². The van der Waals surface area contributed by atoms with E-state index in [-0.39, 0.29) is 25.4 Å². The van der Waals surface area contributed by atoms with Gasteiger partial charge in [-0.2, -0.15) is 0 Å². The molecule has 2 N–H and O–H groups in total. The Morgan fingerprint density at radius 1 is 0.614 bits per heavy atom. The monoisotopic (exact) mass is 778 g/mol. The molecule has 1 saturated heterocycles. The molecule has 1 heterocycles. The first kappa shape index (κ1) is 39.5. The van der Waals surface area contributed by atoms with E-state index in [4.69, 9.17) is 9.47 Å². The van der Waals surface area contributed by atoms with Gasteiger partial charge in [-0.1, -0.05) is 121 Å². The van der Waals surface area contributed by atoms with E-state index in [1.807, 2.05) is 91.0 Å². The highest BCUT2D eigenvalue weighted by atomic mass is 19.2. The Hall–Kier alpha value is -5.72. The SMILES string of the molecule is O=C(NCc1cccc(-c2cccc([C@@H]3O[C@H](CN(Cc4ccccc4)Cc4ccccc4)C[C@H](c4ccc(CO)cc4)O3)c2)c1)c1c(F)c(F)c(F)c(F)c1F. The minimum absolute atomic E-state index is 0.0697. The van der Waals surface area contributed by atoms with Gasteiger partial charge in [0.2, 0.25) is 5.82 Å². The van der Waals surface area contributed by atoms with E-state index in [1.165, 1.54) is 11.1 Å². The molecule has 11 heteroatoms. The van der Waals surface area contributed by atoms with Crippen LogP contribution in [0.5, 0.6) is 0 Å². The minimum atomic E-state index is -2.34. The number of carbonyl (C=O) groups excluding carboxylic acids is 1. The summed E-state index contributed by atoms with van der Waals surface area (Å²) in [5.74, 6) is -12.6. The van der Waals surface area contributed by atoms with Gasteiger partial charge in [-0.15, -0.1) is 0 Å². The number of ether oxygens (including phenoxy) is 2. The number of carbonyl (C=O) groups is 1. The molecule has 6 nitrogen and oxygen atoms in total. The molecule has 6 aromatic carbocycles. The molecule has 0 bridgehead atoms. The second kappa shape index (κ2) is 18.0. The lowest BCUT2D eigenvalue weighted by Gasteiger charge is -2.38. The standard InChI is InChI=1S/C46H39F5N2O4/c47-40-39(41(48)43(50)44(51)42(40)49)45(55)52-24-32-13-7-14-34(21-32)35-15-8-16-36(22-35)46-56-37(23-38(57-46)33-19-17-31(28-54)18-20-33)27-53(25-29-9-3-1-4-10-29)26-30-11-5-2-6-12-30/h1-22,37-38,46,54H,23-28H2,(H,52,55)/t37-,38+,46+/m0/s1. The first-order chi connectivity index (χ1) is 27.7. The molecule has 1 aliphatic heterocycles. The highest BCUT2D eigenvalue weighted by Gasteiger charge is 2.34. The van der Waals surface area contributed by atoms with Crippen LogP contribution in [-0.4, -0.2) is 28.6 Å². The maximum absolute atomic E-state index is 14.3. The Balaban J connectivity index is 1.12. The fourth-order valence-electron chi connectivity index (χ4n) is 6.99. The Bertz CT molecular complexity index is 2240. The molecule has 7 rings (SSSR count). The molecule has 57 heavy (non-hydrogen) atoms. The second-order valence-electron chi connectivity index (χ2n) is 13.9. The zero-order chi connectivity index (χ0) is 39.9. The highest BCUT2D eigenvalue weighted by Crippen LogP contribution is 2.39. The molecule has 6 aromatic rings. The van der Waals surface area contributed by atoms with Crippen LogP contribution in [0.3, 0.4) is 0 Å². The number of aliphatic hydroxyl groups excluding tert-OH is 1. The summed E-state index contributed by atoms with van der Waals surface area (Å²) in [5, 5.41) is 11.9. The van der Waals surface area contributed by atoms with E-state index >= 15 is 0 Å². The zero-order valence-corrected chi connectivity index (χ0v) is 30.7. The van der Waals surface area contributed by atoms with Crippen LogP contribution in [0.15, 0.2) is 133 Å². The van der Waals surface area contributed by atoms with Crippen LogP contribution >= 0.6 is 0 Å². The second-order valence-corrected chi connectivity index (χ2v) is 13.9. The van der Waals surface area contributed by atoms with Gasteiger partial charge in [-0.25, -0.2) is 22.0 Å². The van der Waals surface area contributed by atoms with Crippen molar-refractivity contribution in [2.45, 2.75) is 51.2 Å². The zero-order valence-electron chi connectivity index (χ0n) is 30.7. The van der Waals surface area contributed by atoms with Crippen LogP contribution in [0.1, 0.15) is 62.6 Å². The molecular formula is C46H39F5N2O4. The fraction of sp³-hybridized carbons (Fsp3) is 0.196. The summed E-state index contributed by atoms with van der Waals surface area (Å²) < 4.78 is 82.9. The number of benzene rings is 6. The third kappa shape index (κ3) is 9.46. The number of halogens is 5. The first-order valence-corrected chi connectivity index (χ1v) is 18.5. The third-order valence-electron chi connectivity index (χ3n) is 9.88. The van der Waals surface area contributed by atoms with Crippen molar-refractivity contribution in [3.63, 3.8) is 0 Å². The average molecular weight is 779 g/mol. The molecule has 3 atom stereocenters. The van der Waals surface area contributed by atoms with Gasteiger partial charge in [-0.05, 0) is 51.1 Å². The molecule has 0 radical (unpaired) electrons. The van der Waals surface area contributed by atoms with E-state index in [2.05, 4.69) is 34.5 Å². The van der Waals surface area contributed by atoms with Gasteiger partial charge in [0, 0.05) is 38.2 Å². The van der Waals surface area contributed by atoms with Crippen LogP contribution in [0.25, 0.3) is 11.1 Å². The summed E-state index contributed by atoms with van der Waals surface area (Å²) in [6.07, 6.45) is -0.699. The number of amides is 1. The number of hydrogen-bond donors (Lipinski definition) is 2. The Kier molecular flexibility index (Phi) is 12.5. The van der Waals surface area contributed by atoms with Gasteiger partial charge < -0.3 is 19.9 Å². The van der Waals surface area contributed by atoms with Gasteiger partial charge in [0.1, 0.15) is 5.56 Å². The third-order valence-corrected chi connectivity index (χ3v) is 9.88. The van der Waals surface area contributed by atoms with Gasteiger partial charge in [0.15, 0.2) is 29.6 Å². The highest BCUT2D eigenvalue weighted by molar-refractivity contribution is 5.94. The summed E-state index contributed by atoms with van der Waals surface area (Å²) >= 11 is 0. The Labute approximate surface area is 327 Å². The topological polar surface area (TPSA) is 71.0 Å². The maximum Gasteiger partial charge on any atom is 0.257 e. The summed E-state index contributed by atoms with van der Waals surface area (Å²) in [6, 6.07) is 42.9. The lowest BCUT2D eigenvalue weighted by molar-refractivity contribution is -0.253. The quantitative estimate of drug-likeness (QED) is 0.0695. The van der Waals surface area contributed by atoms with Crippen LogP contribution < -0.4 is 5.32 Å². The summed E-state index contributed by atoms with van der Waals surface area (Å²) in [4.78, 5) is 15.0. The minimum Gasteiger partial charge on any atom is -0.392 e. The van der Waals surface area contributed by atoms with E-state index < -0.39 is 46.8 Å². The van der Waals surface area contributed by atoms with Crippen molar-refractivity contribution in [2.75, 3.05) is 6.54 Å². The van der Waals surface area contributed by atoms with Crippen molar-refractivity contribution in [1.29, 1.82) is 0 Å². The number of nitrogens with one attached hydrogen (secondary N) is 1. The van der Waals surface area contributed by atoms with Gasteiger partial charge in [0.05, 0.1) is 18.8 Å². The summed E-state index contributed by atoms with van der Waals surface area (Å²) in [7, 11) is 0. The lowest BCUT2D eigenvalue weighted by Crippen LogP contribution is -2.39. The molecule has 0 saturated carbocycles. The molecule has 292 valence electrons. The van der Waals surface area contributed by atoms with Crippen LogP contribution in [-0.2, 0) is 35.7 Å². The van der Waals surface area contributed by atoms with E-state index in [0.29, 0.717) is 31.6 Å². The van der Waals surface area contributed by atoms with Crippen LogP contribution in [0.4, 0.5) is 22.0 Å². The van der Waals surface area contributed by atoms with E-state index in [0.717, 1.165) is 27.8 Å². The molecule has 1 fully saturated rings. The Morgan fingerprint density at radius 3 is 1.79 bits per heavy atom. The number of nitrogens with zero attached hydrogens (tertiary/aromatic N) is 1. The fourth-order valence-corrected chi connectivity index (χ4v) is 6.99.